The van der Waals surface area contributed by atoms with Gasteiger partial charge in [-0.1, -0.05) is 0 Å². The number of halogens is 1. The quantitative estimate of drug-likeness (QED) is 0.815. The monoisotopic (exact) mass is 262 g/mol. The Balaban J connectivity index is 1.98. The van der Waals surface area contributed by atoms with Gasteiger partial charge in [-0.05, 0) is 15.9 Å². The first kappa shape index (κ1) is 9.88. The van der Waals surface area contributed by atoms with Crippen LogP contribution in [0.15, 0.2) is 4.73 Å². The molecule has 1 fully saturated rings. The predicted molar refractivity (Wildman–Crippen MR) is 52.7 cm³/mol. The van der Waals surface area contributed by atoms with Crippen LogP contribution >= 0.6 is 15.9 Å². The molecule has 2 N–H and O–H groups in total. The van der Waals surface area contributed by atoms with E-state index in [4.69, 9.17) is 15.2 Å². The van der Waals surface area contributed by atoms with Gasteiger partial charge in [0.15, 0.2) is 4.73 Å². The van der Waals surface area contributed by atoms with Crippen molar-refractivity contribution in [3.8, 4) is 0 Å². The lowest BCUT2D eigenvalue weighted by Crippen LogP contribution is -2.32. The molecule has 2 heterocycles. The van der Waals surface area contributed by atoms with Crippen LogP contribution in [0.2, 0.25) is 0 Å². The summed E-state index contributed by atoms with van der Waals surface area (Å²) in [6.45, 7) is 2.49. The van der Waals surface area contributed by atoms with Crippen molar-refractivity contribution in [2.45, 2.75) is 12.6 Å². The summed E-state index contributed by atoms with van der Waals surface area (Å²) in [6.07, 6.45) is 0.0288. The number of aromatic nitrogens is 3. The summed E-state index contributed by atoms with van der Waals surface area (Å²) < 4.78 is 13.0. The van der Waals surface area contributed by atoms with E-state index in [2.05, 4.69) is 26.0 Å². The number of anilines is 1. The molecule has 0 saturated carbocycles. The van der Waals surface area contributed by atoms with Crippen molar-refractivity contribution in [3.05, 3.63) is 4.73 Å². The molecule has 1 aromatic rings. The number of ether oxygens (including phenoxy) is 2. The third-order valence-electron chi connectivity index (χ3n) is 1.90. The highest BCUT2D eigenvalue weighted by atomic mass is 79.9. The van der Waals surface area contributed by atoms with Gasteiger partial charge in [-0.15, -0.1) is 5.10 Å². The van der Waals surface area contributed by atoms with Crippen molar-refractivity contribution in [2.75, 3.05) is 25.6 Å². The second kappa shape index (κ2) is 4.24. The van der Waals surface area contributed by atoms with E-state index in [0.29, 0.717) is 31.1 Å². The Morgan fingerprint density at radius 3 is 3.00 bits per heavy atom. The lowest BCUT2D eigenvalue weighted by atomic mass is 10.3. The van der Waals surface area contributed by atoms with Gasteiger partial charge in [-0.3, -0.25) is 0 Å². The number of hydrogen-bond donors (Lipinski definition) is 1. The molecule has 78 valence electrons. The van der Waals surface area contributed by atoms with Gasteiger partial charge in [0.2, 0.25) is 5.95 Å². The van der Waals surface area contributed by atoms with E-state index in [1.54, 1.807) is 4.68 Å². The molecular weight excluding hydrogens is 252 g/mol. The van der Waals surface area contributed by atoms with Gasteiger partial charge in [0.25, 0.3) is 0 Å². The summed E-state index contributed by atoms with van der Waals surface area (Å²) in [6, 6.07) is 0. The number of nitrogen functional groups attached to an aromatic ring is 1. The van der Waals surface area contributed by atoms with Gasteiger partial charge >= 0.3 is 0 Å². The Morgan fingerprint density at radius 1 is 1.57 bits per heavy atom. The first-order valence-corrected chi connectivity index (χ1v) is 5.10. The van der Waals surface area contributed by atoms with E-state index in [9.17, 15) is 0 Å². The van der Waals surface area contributed by atoms with Crippen LogP contribution in [0, 0.1) is 0 Å². The van der Waals surface area contributed by atoms with Crippen LogP contribution in [0.5, 0.6) is 0 Å². The number of rotatable bonds is 2. The molecule has 1 saturated heterocycles. The third kappa shape index (κ3) is 2.23. The van der Waals surface area contributed by atoms with Crippen molar-refractivity contribution < 1.29 is 9.47 Å². The topological polar surface area (TPSA) is 75.2 Å². The summed E-state index contributed by atoms with van der Waals surface area (Å²) in [5.41, 5.74) is 5.44. The molecule has 0 aromatic carbocycles. The van der Waals surface area contributed by atoms with Gasteiger partial charge in [0, 0.05) is 0 Å². The zero-order valence-corrected chi connectivity index (χ0v) is 9.11. The van der Waals surface area contributed by atoms with Gasteiger partial charge in [-0.2, -0.15) is 4.98 Å². The average molecular weight is 263 g/mol. The maximum Gasteiger partial charge on any atom is 0.240 e. The van der Waals surface area contributed by atoms with Gasteiger partial charge in [0.05, 0.1) is 26.4 Å². The zero-order chi connectivity index (χ0) is 9.97. The molecule has 1 aliphatic heterocycles. The third-order valence-corrected chi connectivity index (χ3v) is 2.49. The first-order valence-electron chi connectivity index (χ1n) is 4.31. The maximum atomic E-state index is 5.47. The van der Waals surface area contributed by atoms with E-state index in [0.717, 1.165) is 0 Å². The molecule has 1 unspecified atom stereocenters. The van der Waals surface area contributed by atoms with Crippen molar-refractivity contribution in [3.63, 3.8) is 0 Å². The summed E-state index contributed by atoms with van der Waals surface area (Å²) in [7, 11) is 0. The Labute approximate surface area is 89.5 Å². The van der Waals surface area contributed by atoms with Crippen LogP contribution in [-0.2, 0) is 16.0 Å². The highest BCUT2D eigenvalue weighted by Gasteiger charge is 2.17. The molecule has 14 heavy (non-hydrogen) atoms. The van der Waals surface area contributed by atoms with Crippen LogP contribution in [0.25, 0.3) is 0 Å². The standard InChI is InChI=1S/C7H11BrN4O2/c8-6-10-7(9)11-12(6)3-5-4-13-1-2-14-5/h5H,1-4H2,(H2,9,11). The Bertz CT molecular complexity index is 311. The molecule has 1 aromatic heterocycles. The molecule has 0 aliphatic carbocycles. The fourth-order valence-corrected chi connectivity index (χ4v) is 1.70. The van der Waals surface area contributed by atoms with Crippen LogP contribution < -0.4 is 5.73 Å². The average Bonchev–Trinajstić information content (AvgIpc) is 2.47. The first-order chi connectivity index (χ1) is 6.75. The summed E-state index contributed by atoms with van der Waals surface area (Å²) in [5, 5.41) is 4.01. The summed E-state index contributed by atoms with van der Waals surface area (Å²) in [5.74, 6) is 0.258. The van der Waals surface area contributed by atoms with Gasteiger partial charge in [-0.25, -0.2) is 4.68 Å². The van der Waals surface area contributed by atoms with Gasteiger partial charge < -0.3 is 15.2 Å². The molecule has 1 aliphatic rings. The van der Waals surface area contributed by atoms with E-state index in [1.165, 1.54) is 0 Å². The molecular formula is C7H11BrN4O2. The fraction of sp³-hybridized carbons (Fsp3) is 0.714. The molecule has 7 heteroatoms. The van der Waals surface area contributed by atoms with E-state index >= 15 is 0 Å². The minimum Gasteiger partial charge on any atom is -0.376 e. The van der Waals surface area contributed by atoms with Crippen molar-refractivity contribution in [2.24, 2.45) is 0 Å². The summed E-state index contributed by atoms with van der Waals surface area (Å²) in [4.78, 5) is 3.93. The number of nitrogens with two attached hydrogens (primary N) is 1. The smallest absolute Gasteiger partial charge is 0.240 e. The van der Waals surface area contributed by atoms with Crippen LogP contribution in [0.3, 0.4) is 0 Å². The van der Waals surface area contributed by atoms with Crippen molar-refractivity contribution >= 4 is 21.9 Å². The van der Waals surface area contributed by atoms with E-state index in [1.807, 2.05) is 0 Å². The normalized spacial score (nSPS) is 22.5. The van der Waals surface area contributed by atoms with E-state index in [-0.39, 0.29) is 12.1 Å². The lowest BCUT2D eigenvalue weighted by Gasteiger charge is -2.22. The molecule has 0 radical (unpaired) electrons. The fourth-order valence-electron chi connectivity index (χ4n) is 1.29. The Hall–Kier alpha value is -0.660. The van der Waals surface area contributed by atoms with Crippen LogP contribution in [-0.4, -0.2) is 40.7 Å². The largest absolute Gasteiger partial charge is 0.376 e. The highest BCUT2D eigenvalue weighted by Crippen LogP contribution is 2.11. The van der Waals surface area contributed by atoms with Crippen molar-refractivity contribution in [1.82, 2.24) is 14.8 Å². The number of nitrogens with zero attached hydrogens (tertiary/aromatic N) is 3. The molecule has 0 bridgehead atoms. The zero-order valence-electron chi connectivity index (χ0n) is 7.52. The second-order valence-corrected chi connectivity index (χ2v) is 3.70. The van der Waals surface area contributed by atoms with Crippen LogP contribution in [0.1, 0.15) is 0 Å². The molecule has 6 nitrogen and oxygen atoms in total. The molecule has 0 amide bonds. The Morgan fingerprint density at radius 2 is 2.43 bits per heavy atom. The highest BCUT2D eigenvalue weighted by molar-refractivity contribution is 9.10. The molecule has 0 spiro atoms. The maximum absolute atomic E-state index is 5.47. The molecule has 1 atom stereocenters. The second-order valence-electron chi connectivity index (χ2n) is 2.99. The van der Waals surface area contributed by atoms with E-state index < -0.39 is 0 Å². The SMILES string of the molecule is Nc1nc(Br)n(CC2COCCO2)n1. The number of hydrogen-bond acceptors (Lipinski definition) is 5. The van der Waals surface area contributed by atoms with Crippen LogP contribution in [0.4, 0.5) is 5.95 Å². The summed E-state index contributed by atoms with van der Waals surface area (Å²) >= 11 is 3.26. The minimum atomic E-state index is 0.0288. The van der Waals surface area contributed by atoms with Gasteiger partial charge in [0.1, 0.15) is 6.10 Å². The molecule has 2 rings (SSSR count). The predicted octanol–water partition coefficient (Wildman–Crippen LogP) is 0.0382. The lowest BCUT2D eigenvalue weighted by molar-refractivity contribution is -0.0948. The minimum absolute atomic E-state index is 0.0288. The Kier molecular flexibility index (Phi) is 2.99. The van der Waals surface area contributed by atoms with Crippen molar-refractivity contribution in [1.29, 1.82) is 0 Å².